The first-order valence-electron chi connectivity index (χ1n) is 11.9. The first kappa shape index (κ1) is 24.0. The maximum Gasteiger partial charge on any atom is 0.191 e. The summed E-state index contributed by atoms with van der Waals surface area (Å²) in [5.41, 5.74) is 0. The summed E-state index contributed by atoms with van der Waals surface area (Å²) in [6, 6.07) is 4.41. The van der Waals surface area contributed by atoms with E-state index in [1.165, 1.54) is 0 Å². The predicted octanol–water partition coefficient (Wildman–Crippen LogP) is 1.58. The van der Waals surface area contributed by atoms with Crippen molar-refractivity contribution in [3.63, 3.8) is 0 Å². The quantitative estimate of drug-likeness (QED) is 0.404. The van der Waals surface area contributed by atoms with E-state index in [0.717, 1.165) is 103 Å². The SMILES string of the molecule is CC(C)OCCN1CCC(NC(=NCCN2CCOCC2)NCCc2ccco2)CC1. The monoisotopic (exact) mass is 435 g/mol. The van der Waals surface area contributed by atoms with Gasteiger partial charge in [0.25, 0.3) is 0 Å². The van der Waals surface area contributed by atoms with E-state index in [4.69, 9.17) is 18.9 Å². The van der Waals surface area contributed by atoms with Gasteiger partial charge in [-0.05, 0) is 38.8 Å². The van der Waals surface area contributed by atoms with Crippen LogP contribution >= 0.6 is 0 Å². The maximum atomic E-state index is 5.70. The van der Waals surface area contributed by atoms with Crippen molar-refractivity contribution in [3.8, 4) is 0 Å². The molecule has 1 aromatic heterocycles. The van der Waals surface area contributed by atoms with E-state index < -0.39 is 0 Å². The van der Waals surface area contributed by atoms with Gasteiger partial charge in [-0.3, -0.25) is 9.89 Å². The third-order valence-corrected chi connectivity index (χ3v) is 5.82. The molecule has 0 amide bonds. The fourth-order valence-corrected chi connectivity index (χ4v) is 3.95. The lowest BCUT2D eigenvalue weighted by Crippen LogP contribution is -2.49. The standard InChI is InChI=1S/C23H41N5O3/c1-20(2)30-19-15-27-10-6-21(7-11-27)26-23(24-8-5-22-4-3-16-31-22)25-9-12-28-13-17-29-18-14-28/h3-4,16,20-21H,5-15,17-19H2,1-2H3,(H2,24,25,26). The molecule has 0 aliphatic carbocycles. The predicted molar refractivity (Wildman–Crippen MR) is 124 cm³/mol. The number of guanidine groups is 1. The van der Waals surface area contributed by atoms with Crippen LogP contribution in [0.15, 0.2) is 27.8 Å². The van der Waals surface area contributed by atoms with Gasteiger partial charge in [-0.2, -0.15) is 0 Å². The Bertz CT molecular complexity index is 609. The van der Waals surface area contributed by atoms with E-state index in [9.17, 15) is 0 Å². The van der Waals surface area contributed by atoms with Gasteiger partial charge < -0.3 is 29.4 Å². The van der Waals surface area contributed by atoms with Gasteiger partial charge in [0.2, 0.25) is 0 Å². The van der Waals surface area contributed by atoms with Gasteiger partial charge in [0.15, 0.2) is 5.96 Å². The zero-order chi connectivity index (χ0) is 21.7. The Morgan fingerprint density at radius 2 is 1.94 bits per heavy atom. The lowest BCUT2D eigenvalue weighted by Gasteiger charge is -2.33. The number of morpholine rings is 1. The van der Waals surface area contributed by atoms with Gasteiger partial charge in [-0.1, -0.05) is 0 Å². The Kier molecular flexibility index (Phi) is 10.6. The Morgan fingerprint density at radius 1 is 1.16 bits per heavy atom. The zero-order valence-corrected chi connectivity index (χ0v) is 19.4. The molecular weight excluding hydrogens is 394 g/mol. The van der Waals surface area contributed by atoms with Crippen molar-refractivity contribution < 1.29 is 13.9 Å². The average molecular weight is 436 g/mol. The zero-order valence-electron chi connectivity index (χ0n) is 19.4. The Labute approximate surface area is 187 Å². The molecule has 0 spiro atoms. The maximum absolute atomic E-state index is 5.70. The van der Waals surface area contributed by atoms with Crippen LogP contribution < -0.4 is 10.6 Å². The number of nitrogens with zero attached hydrogens (tertiary/aromatic N) is 3. The lowest BCUT2D eigenvalue weighted by atomic mass is 10.1. The number of nitrogens with one attached hydrogen (secondary N) is 2. The number of rotatable bonds is 11. The molecular formula is C23H41N5O3. The van der Waals surface area contributed by atoms with Gasteiger partial charge >= 0.3 is 0 Å². The highest BCUT2D eigenvalue weighted by Gasteiger charge is 2.20. The third-order valence-electron chi connectivity index (χ3n) is 5.82. The molecule has 31 heavy (non-hydrogen) atoms. The van der Waals surface area contributed by atoms with Crippen LogP contribution in [0.4, 0.5) is 0 Å². The molecule has 0 aromatic carbocycles. The Hall–Kier alpha value is -1.61. The van der Waals surface area contributed by atoms with Crippen LogP contribution in [0.25, 0.3) is 0 Å². The van der Waals surface area contributed by atoms with Gasteiger partial charge in [0, 0.05) is 58.3 Å². The second kappa shape index (κ2) is 13.7. The fraction of sp³-hybridized carbons (Fsp3) is 0.783. The normalized spacial score (nSPS) is 19.8. The van der Waals surface area contributed by atoms with Crippen molar-refractivity contribution in [3.05, 3.63) is 24.2 Å². The van der Waals surface area contributed by atoms with Crippen LogP contribution in [0.2, 0.25) is 0 Å². The lowest BCUT2D eigenvalue weighted by molar-refractivity contribution is 0.0394. The summed E-state index contributed by atoms with van der Waals surface area (Å²) in [5, 5.41) is 7.18. The van der Waals surface area contributed by atoms with Gasteiger partial charge in [0.05, 0.1) is 38.7 Å². The number of piperidine rings is 1. The van der Waals surface area contributed by atoms with Crippen LogP contribution in [-0.4, -0.2) is 100 Å². The van der Waals surface area contributed by atoms with E-state index in [1.54, 1.807) is 6.26 Å². The minimum Gasteiger partial charge on any atom is -0.469 e. The highest BCUT2D eigenvalue weighted by Crippen LogP contribution is 2.10. The molecule has 0 radical (unpaired) electrons. The number of ether oxygens (including phenoxy) is 2. The molecule has 0 atom stereocenters. The number of aliphatic imine (C=N–C) groups is 1. The van der Waals surface area contributed by atoms with Crippen LogP contribution in [0, 0.1) is 0 Å². The van der Waals surface area contributed by atoms with Crippen LogP contribution in [0.5, 0.6) is 0 Å². The molecule has 2 aliphatic rings. The summed E-state index contributed by atoms with van der Waals surface area (Å²) in [6.07, 6.45) is 5.15. The molecule has 2 N–H and O–H groups in total. The molecule has 3 heterocycles. The minimum atomic E-state index is 0.308. The first-order chi connectivity index (χ1) is 15.2. The first-order valence-corrected chi connectivity index (χ1v) is 11.9. The van der Waals surface area contributed by atoms with Crippen molar-refractivity contribution in [2.24, 2.45) is 4.99 Å². The minimum absolute atomic E-state index is 0.308. The summed E-state index contributed by atoms with van der Waals surface area (Å²) in [4.78, 5) is 9.79. The van der Waals surface area contributed by atoms with E-state index in [-0.39, 0.29) is 0 Å². The summed E-state index contributed by atoms with van der Waals surface area (Å²) < 4.78 is 16.6. The van der Waals surface area contributed by atoms with Gasteiger partial charge in [-0.25, -0.2) is 0 Å². The van der Waals surface area contributed by atoms with Crippen molar-refractivity contribution in [1.29, 1.82) is 0 Å². The highest BCUT2D eigenvalue weighted by atomic mass is 16.5. The molecule has 0 saturated carbocycles. The molecule has 8 nitrogen and oxygen atoms in total. The average Bonchev–Trinajstić information content (AvgIpc) is 3.29. The number of furan rings is 1. The third kappa shape index (κ3) is 9.60. The van der Waals surface area contributed by atoms with Crippen molar-refractivity contribution in [1.82, 2.24) is 20.4 Å². The second-order valence-electron chi connectivity index (χ2n) is 8.62. The number of likely N-dealkylation sites (tertiary alicyclic amines) is 1. The molecule has 176 valence electrons. The van der Waals surface area contributed by atoms with E-state index in [2.05, 4.69) is 34.3 Å². The second-order valence-corrected chi connectivity index (χ2v) is 8.62. The summed E-state index contributed by atoms with van der Waals surface area (Å²) >= 11 is 0. The van der Waals surface area contributed by atoms with Crippen molar-refractivity contribution in [2.45, 2.75) is 45.3 Å². The molecule has 1 aromatic rings. The molecule has 0 bridgehead atoms. The van der Waals surface area contributed by atoms with Crippen LogP contribution in [0.3, 0.4) is 0 Å². The largest absolute Gasteiger partial charge is 0.469 e. The van der Waals surface area contributed by atoms with E-state index in [1.807, 2.05) is 12.1 Å². The molecule has 8 heteroatoms. The molecule has 2 fully saturated rings. The van der Waals surface area contributed by atoms with Crippen molar-refractivity contribution in [2.75, 3.05) is 72.2 Å². The van der Waals surface area contributed by atoms with Crippen molar-refractivity contribution >= 4 is 5.96 Å². The topological polar surface area (TPSA) is 74.5 Å². The molecule has 3 rings (SSSR count). The number of hydrogen-bond acceptors (Lipinski definition) is 6. The van der Waals surface area contributed by atoms with Crippen LogP contribution in [-0.2, 0) is 15.9 Å². The smallest absolute Gasteiger partial charge is 0.191 e. The van der Waals surface area contributed by atoms with Gasteiger partial charge in [0.1, 0.15) is 5.76 Å². The highest BCUT2D eigenvalue weighted by molar-refractivity contribution is 5.80. The van der Waals surface area contributed by atoms with E-state index >= 15 is 0 Å². The van der Waals surface area contributed by atoms with Crippen LogP contribution in [0.1, 0.15) is 32.4 Å². The number of hydrogen-bond donors (Lipinski definition) is 2. The Balaban J connectivity index is 1.42. The summed E-state index contributed by atoms with van der Waals surface area (Å²) in [5.74, 6) is 1.92. The van der Waals surface area contributed by atoms with Gasteiger partial charge in [-0.15, -0.1) is 0 Å². The Morgan fingerprint density at radius 3 is 2.65 bits per heavy atom. The molecule has 0 unspecified atom stereocenters. The fourth-order valence-electron chi connectivity index (χ4n) is 3.95. The summed E-state index contributed by atoms with van der Waals surface area (Å²) in [7, 11) is 0. The molecule has 2 saturated heterocycles. The van der Waals surface area contributed by atoms with E-state index in [0.29, 0.717) is 12.1 Å². The molecule has 2 aliphatic heterocycles. The summed E-state index contributed by atoms with van der Waals surface area (Å²) in [6.45, 7) is 14.5.